The van der Waals surface area contributed by atoms with Crippen molar-refractivity contribution in [1.82, 2.24) is 28.5 Å². The van der Waals surface area contributed by atoms with Gasteiger partial charge in [-0.25, -0.2) is 19.7 Å². The van der Waals surface area contributed by atoms with Crippen LogP contribution in [0.2, 0.25) is 0 Å². The van der Waals surface area contributed by atoms with E-state index in [0.29, 0.717) is 0 Å². The summed E-state index contributed by atoms with van der Waals surface area (Å²) in [7, 11) is -3.17. The molecule has 14 nitrogen and oxygen atoms in total. The topological polar surface area (TPSA) is 195 Å². The second-order valence-electron chi connectivity index (χ2n) is 9.12. The number of nitrogens with two attached hydrogens (primary N) is 1. The van der Waals surface area contributed by atoms with Crippen LogP contribution in [-0.2, 0) is 21.6 Å². The third kappa shape index (κ3) is 5.45. The predicted molar refractivity (Wildman–Crippen MR) is 142 cm³/mol. The average Bonchev–Trinajstić information content (AvgIpc) is 3.49. The van der Waals surface area contributed by atoms with Crippen LogP contribution in [0.25, 0.3) is 11.2 Å². The van der Waals surface area contributed by atoms with E-state index in [4.69, 9.17) is 15.2 Å². The van der Waals surface area contributed by atoms with Gasteiger partial charge in [0.05, 0.1) is 11.9 Å². The van der Waals surface area contributed by atoms with Gasteiger partial charge in [-0.05, 0) is 17.7 Å². The number of benzene rings is 2. The number of hydrogen-bond acceptors (Lipinski definition) is 11. The lowest BCUT2D eigenvalue weighted by atomic mass is 10.1. The fourth-order valence-electron chi connectivity index (χ4n) is 4.28. The Morgan fingerprint density at radius 3 is 2.60 bits per heavy atom. The minimum absolute atomic E-state index is 0.0243. The number of imidazole rings is 1. The van der Waals surface area contributed by atoms with Crippen molar-refractivity contribution >= 4 is 33.1 Å². The molecule has 5 rings (SSSR count). The smallest absolute Gasteiger partial charge is 0.303 e. The third-order valence-corrected chi connectivity index (χ3v) is 7.85. The first-order chi connectivity index (χ1) is 19.2. The molecule has 2 aromatic heterocycles. The Morgan fingerprint density at radius 1 is 1.10 bits per heavy atom. The van der Waals surface area contributed by atoms with Crippen LogP contribution in [0, 0.1) is 0 Å². The number of para-hydroxylation sites is 1. The molecule has 15 heteroatoms. The van der Waals surface area contributed by atoms with Gasteiger partial charge in [0, 0.05) is 13.6 Å². The SMILES string of the molecule is CN(C[C@H]1O[C@@H](n2cnc3c(N)ncnc32)[C@H](O)[C@@H]1O)S(=O)(=O)NC(=O)c1ccccc1OCc1ccccc1. The fraction of sp³-hybridized carbons (Fsp3) is 0.280. The maximum Gasteiger partial charge on any atom is 0.303 e. The molecular formula is C25H27N7O7S. The van der Waals surface area contributed by atoms with Crippen LogP contribution in [0.3, 0.4) is 0 Å². The molecule has 3 heterocycles. The second kappa shape index (κ2) is 11.1. The van der Waals surface area contributed by atoms with Crippen molar-refractivity contribution in [2.45, 2.75) is 31.1 Å². The first-order valence-corrected chi connectivity index (χ1v) is 13.6. The van der Waals surface area contributed by atoms with Gasteiger partial charge < -0.3 is 25.4 Å². The van der Waals surface area contributed by atoms with E-state index in [9.17, 15) is 23.4 Å². The number of nitrogens with one attached hydrogen (secondary N) is 1. The number of nitrogen functional groups attached to an aromatic ring is 1. The maximum atomic E-state index is 13.0. The summed E-state index contributed by atoms with van der Waals surface area (Å²) in [6, 6.07) is 15.6. The van der Waals surface area contributed by atoms with Gasteiger partial charge in [0.2, 0.25) is 0 Å². The van der Waals surface area contributed by atoms with E-state index in [1.807, 2.05) is 35.1 Å². The minimum Gasteiger partial charge on any atom is -0.488 e. The van der Waals surface area contributed by atoms with Crippen LogP contribution in [0.15, 0.2) is 67.3 Å². The highest BCUT2D eigenvalue weighted by atomic mass is 32.2. The number of carbonyl (C=O) groups excluding carboxylic acids is 1. The Kier molecular flexibility index (Phi) is 7.64. The number of anilines is 1. The maximum absolute atomic E-state index is 13.0. The number of ether oxygens (including phenoxy) is 2. The number of rotatable bonds is 9. The minimum atomic E-state index is -4.38. The van der Waals surface area contributed by atoms with Crippen LogP contribution in [0.4, 0.5) is 5.82 Å². The normalized spacial score (nSPS) is 21.1. The van der Waals surface area contributed by atoms with Gasteiger partial charge in [0.1, 0.15) is 42.5 Å². The Balaban J connectivity index is 1.26. The lowest BCUT2D eigenvalue weighted by molar-refractivity contribution is -0.0377. The molecule has 1 saturated heterocycles. The Hall–Kier alpha value is -4.15. The molecule has 0 aliphatic carbocycles. The Labute approximate surface area is 229 Å². The first kappa shape index (κ1) is 27.4. The number of hydrogen-bond donors (Lipinski definition) is 4. The zero-order valence-corrected chi connectivity index (χ0v) is 22.0. The number of aromatic nitrogens is 4. The molecule has 0 saturated carbocycles. The van der Waals surface area contributed by atoms with Crippen LogP contribution < -0.4 is 15.2 Å². The number of amides is 1. The zero-order valence-electron chi connectivity index (χ0n) is 21.2. The lowest BCUT2D eigenvalue weighted by Gasteiger charge is -2.23. The van der Waals surface area contributed by atoms with Crippen molar-refractivity contribution in [3.8, 4) is 5.75 Å². The lowest BCUT2D eigenvalue weighted by Crippen LogP contribution is -2.46. The highest BCUT2D eigenvalue weighted by Crippen LogP contribution is 2.32. The van der Waals surface area contributed by atoms with Gasteiger partial charge in [-0.1, -0.05) is 42.5 Å². The van der Waals surface area contributed by atoms with Gasteiger partial charge in [0.15, 0.2) is 17.7 Å². The molecule has 5 N–H and O–H groups in total. The number of aliphatic hydroxyl groups is 2. The van der Waals surface area contributed by atoms with E-state index < -0.39 is 40.7 Å². The zero-order chi connectivity index (χ0) is 28.4. The summed E-state index contributed by atoms with van der Waals surface area (Å²) in [4.78, 5) is 25.0. The Morgan fingerprint density at radius 2 is 1.82 bits per heavy atom. The predicted octanol–water partition coefficient (Wildman–Crippen LogP) is 0.213. The molecule has 40 heavy (non-hydrogen) atoms. The first-order valence-electron chi connectivity index (χ1n) is 12.1. The average molecular weight is 570 g/mol. The van der Waals surface area contributed by atoms with Crippen LogP contribution in [0.1, 0.15) is 22.1 Å². The summed E-state index contributed by atoms with van der Waals surface area (Å²) in [5, 5.41) is 21.3. The molecule has 1 fully saturated rings. The number of fused-ring (bicyclic) bond motifs is 1. The molecule has 1 amide bonds. The fourth-order valence-corrected chi connectivity index (χ4v) is 5.13. The molecular weight excluding hydrogens is 542 g/mol. The standard InChI is InChI=1S/C25H27N7O7S/c1-31(11-18-20(33)21(34)25(39-18)32-14-29-19-22(26)27-13-28-23(19)32)40(36,37)30-24(35)16-9-5-6-10-17(16)38-12-15-7-3-2-4-8-15/h2-10,13-14,18,20-21,25,33-34H,11-12H2,1H3,(H,30,35)(H2,26,27,28)/t18-,20-,21-,25-/m1/s1. The number of carbonyl (C=O) groups is 1. The van der Waals surface area contributed by atoms with E-state index in [-0.39, 0.29) is 41.4 Å². The summed E-state index contributed by atoms with van der Waals surface area (Å²) < 4.78 is 41.8. The van der Waals surface area contributed by atoms with Gasteiger partial charge in [-0.3, -0.25) is 9.36 Å². The number of nitrogens with zero attached hydrogens (tertiary/aromatic N) is 5. The van der Waals surface area contributed by atoms with Gasteiger partial charge in [0.25, 0.3) is 5.91 Å². The monoisotopic (exact) mass is 569 g/mol. The van der Waals surface area contributed by atoms with Crippen molar-refractivity contribution in [2.24, 2.45) is 0 Å². The van der Waals surface area contributed by atoms with Gasteiger partial charge in [-0.15, -0.1) is 0 Å². The highest BCUT2D eigenvalue weighted by molar-refractivity contribution is 7.87. The summed E-state index contributed by atoms with van der Waals surface area (Å²) in [6.07, 6.45) is -2.61. The molecule has 1 aliphatic rings. The summed E-state index contributed by atoms with van der Waals surface area (Å²) in [5.41, 5.74) is 7.26. The van der Waals surface area contributed by atoms with Crippen molar-refractivity contribution in [3.05, 3.63) is 78.4 Å². The summed E-state index contributed by atoms with van der Waals surface area (Å²) in [5.74, 6) is -0.565. The summed E-state index contributed by atoms with van der Waals surface area (Å²) >= 11 is 0. The molecule has 0 unspecified atom stereocenters. The van der Waals surface area contributed by atoms with E-state index in [1.54, 1.807) is 18.2 Å². The van der Waals surface area contributed by atoms with Crippen LogP contribution >= 0.6 is 0 Å². The Bertz CT molecular complexity index is 1620. The molecule has 1 aliphatic heterocycles. The van der Waals surface area contributed by atoms with Gasteiger partial charge in [-0.2, -0.15) is 12.7 Å². The molecule has 2 aromatic carbocycles. The number of likely N-dealkylation sites (N-methyl/N-ethyl adjacent to an activating group) is 1. The summed E-state index contributed by atoms with van der Waals surface area (Å²) in [6.45, 7) is -0.198. The third-order valence-electron chi connectivity index (χ3n) is 6.44. The molecule has 0 spiro atoms. The van der Waals surface area contributed by atoms with Crippen molar-refractivity contribution in [2.75, 3.05) is 19.3 Å². The van der Waals surface area contributed by atoms with Crippen molar-refractivity contribution in [1.29, 1.82) is 0 Å². The largest absolute Gasteiger partial charge is 0.488 e. The quantitative estimate of drug-likeness (QED) is 0.215. The molecule has 4 aromatic rings. The van der Waals surface area contributed by atoms with E-state index in [1.165, 1.54) is 30.3 Å². The van der Waals surface area contributed by atoms with Crippen molar-refractivity contribution in [3.63, 3.8) is 0 Å². The molecule has 210 valence electrons. The highest BCUT2D eigenvalue weighted by Gasteiger charge is 2.45. The van der Waals surface area contributed by atoms with E-state index in [0.717, 1.165) is 9.87 Å². The van der Waals surface area contributed by atoms with E-state index in [2.05, 4.69) is 15.0 Å². The molecule has 0 radical (unpaired) electrons. The van der Waals surface area contributed by atoms with E-state index >= 15 is 0 Å². The van der Waals surface area contributed by atoms with Crippen LogP contribution in [-0.4, -0.2) is 80.3 Å². The van der Waals surface area contributed by atoms with Gasteiger partial charge >= 0.3 is 10.2 Å². The second-order valence-corrected chi connectivity index (χ2v) is 10.9. The number of aliphatic hydroxyl groups excluding tert-OH is 2. The van der Waals surface area contributed by atoms with Crippen LogP contribution in [0.5, 0.6) is 5.75 Å². The molecule has 4 atom stereocenters. The van der Waals surface area contributed by atoms with Crippen molar-refractivity contribution < 1.29 is 32.9 Å². The molecule has 0 bridgehead atoms.